The average molecular weight is 195 g/mol. The molecule has 4 heteroatoms. The Morgan fingerprint density at radius 2 is 1.79 bits per heavy atom. The minimum absolute atomic E-state index is 0.291. The highest BCUT2D eigenvalue weighted by Gasteiger charge is 2.13. The highest BCUT2D eigenvalue weighted by Crippen LogP contribution is 2.10. The van der Waals surface area contributed by atoms with Gasteiger partial charge in [-0.05, 0) is 12.1 Å². The predicted molar refractivity (Wildman–Crippen MR) is 59.1 cm³/mol. The van der Waals surface area contributed by atoms with E-state index in [0.717, 1.165) is 12.2 Å². The molecule has 0 heterocycles. The number of hydrogen-bond acceptors (Lipinski definition) is 3. The number of quaternary nitrogens is 1. The monoisotopic (exact) mass is 195 g/mol. The van der Waals surface area contributed by atoms with Gasteiger partial charge in [0.1, 0.15) is 13.6 Å². The molecule has 1 rings (SSSR count). The lowest BCUT2D eigenvalue weighted by atomic mass is 10.2. The summed E-state index contributed by atoms with van der Waals surface area (Å²) in [6.07, 6.45) is 0. The summed E-state index contributed by atoms with van der Waals surface area (Å²) in [5, 5.41) is 3.08. The molecule has 1 unspecified atom stereocenters. The lowest BCUT2D eigenvalue weighted by molar-refractivity contribution is -0.974. The Hall–Kier alpha value is -1.10. The Labute approximate surface area is 85.2 Å². The zero-order chi connectivity index (χ0) is 10.6. The summed E-state index contributed by atoms with van der Waals surface area (Å²) in [6.45, 7) is 0.764. The van der Waals surface area contributed by atoms with Crippen molar-refractivity contribution in [2.45, 2.75) is 6.54 Å². The third kappa shape index (κ3) is 2.99. The third-order valence-corrected chi connectivity index (χ3v) is 2.26. The van der Waals surface area contributed by atoms with E-state index in [0.29, 0.717) is 4.70 Å². The molecular weight excluding hydrogens is 176 g/mol. The fraction of sp³-hybridized carbons (Fsp3) is 0.400. The summed E-state index contributed by atoms with van der Waals surface area (Å²) in [7, 11) is 5.68. The molecule has 1 atom stereocenters. The number of nitrogens with zero attached hydrogens (tertiary/aromatic N) is 1. The van der Waals surface area contributed by atoms with Crippen LogP contribution >= 0.6 is 0 Å². The van der Waals surface area contributed by atoms with Gasteiger partial charge in [0, 0.05) is 25.3 Å². The van der Waals surface area contributed by atoms with E-state index in [4.69, 9.17) is 5.84 Å². The van der Waals surface area contributed by atoms with Crippen molar-refractivity contribution in [2.75, 3.05) is 26.5 Å². The van der Waals surface area contributed by atoms with Crippen LogP contribution in [0.25, 0.3) is 0 Å². The van der Waals surface area contributed by atoms with Crippen molar-refractivity contribution in [3.8, 4) is 0 Å². The van der Waals surface area contributed by atoms with Crippen molar-refractivity contribution in [3.63, 3.8) is 0 Å². The van der Waals surface area contributed by atoms with Crippen molar-refractivity contribution >= 4 is 5.69 Å². The highest BCUT2D eigenvalue weighted by atomic mass is 15.8. The second kappa shape index (κ2) is 4.41. The van der Waals surface area contributed by atoms with Crippen LogP contribution in [0.1, 0.15) is 5.56 Å². The van der Waals surface area contributed by atoms with Crippen LogP contribution in [0.2, 0.25) is 0 Å². The van der Waals surface area contributed by atoms with Crippen molar-refractivity contribution in [1.29, 1.82) is 0 Å². The predicted octanol–water partition coefficient (Wildman–Crippen LogP) is 0.683. The molecule has 0 aliphatic rings. The summed E-state index contributed by atoms with van der Waals surface area (Å²) < 4.78 is 0.291. The molecule has 0 spiro atoms. The van der Waals surface area contributed by atoms with Crippen molar-refractivity contribution in [2.24, 2.45) is 5.84 Å². The molecule has 0 saturated heterocycles. The molecule has 0 aliphatic heterocycles. The van der Waals surface area contributed by atoms with E-state index in [2.05, 4.69) is 22.9 Å². The lowest BCUT2D eigenvalue weighted by Crippen LogP contribution is -2.58. The molecule has 4 N–H and O–H groups in total. The van der Waals surface area contributed by atoms with Gasteiger partial charge >= 0.3 is 0 Å². The van der Waals surface area contributed by atoms with E-state index in [-0.39, 0.29) is 0 Å². The number of nitrogens with two attached hydrogens (primary N) is 1. The van der Waals surface area contributed by atoms with E-state index in [9.17, 15) is 0 Å². The van der Waals surface area contributed by atoms with Crippen LogP contribution in [-0.2, 0) is 6.54 Å². The molecule has 0 aliphatic carbocycles. The minimum atomic E-state index is 0.291. The van der Waals surface area contributed by atoms with Gasteiger partial charge in [-0.15, -0.1) is 0 Å². The van der Waals surface area contributed by atoms with Crippen LogP contribution in [0.15, 0.2) is 24.3 Å². The first-order valence-electron chi connectivity index (χ1n) is 4.67. The Morgan fingerprint density at radius 3 is 2.21 bits per heavy atom. The van der Waals surface area contributed by atoms with Gasteiger partial charge in [0.05, 0.1) is 0 Å². The third-order valence-electron chi connectivity index (χ3n) is 2.26. The number of rotatable bonds is 4. The molecular formula is C10H19N4+. The number of hydrogen-bond donors (Lipinski definition) is 3. The molecule has 0 amide bonds. The topological polar surface area (TPSA) is 50.1 Å². The molecule has 4 nitrogen and oxygen atoms in total. The normalized spacial score (nSPS) is 14.9. The van der Waals surface area contributed by atoms with E-state index in [1.165, 1.54) is 5.56 Å². The lowest BCUT2D eigenvalue weighted by Gasteiger charge is -2.25. The Morgan fingerprint density at radius 1 is 1.21 bits per heavy atom. The SMILES string of the molecule is CNc1ccc(C[N+](C)(N)NC)cc1. The smallest absolute Gasteiger partial charge is 0.140 e. The van der Waals surface area contributed by atoms with E-state index in [1.54, 1.807) is 0 Å². The van der Waals surface area contributed by atoms with Crippen LogP contribution in [-0.4, -0.2) is 25.8 Å². The van der Waals surface area contributed by atoms with Crippen LogP contribution < -0.4 is 16.6 Å². The first kappa shape index (κ1) is 11.0. The summed E-state index contributed by atoms with van der Waals surface area (Å²) in [5.74, 6) is 5.93. The molecule has 0 fully saturated rings. The fourth-order valence-electron chi connectivity index (χ4n) is 1.24. The molecule has 0 saturated carbocycles. The van der Waals surface area contributed by atoms with Gasteiger partial charge in [0.15, 0.2) is 0 Å². The standard InChI is InChI=1S/C10H19N4/c1-12-10-6-4-9(5-7-10)8-14(3,11)13-2/h4-7,12-13H,8,11H2,1-3H3/q+1. The first-order chi connectivity index (χ1) is 6.57. The molecule has 0 bridgehead atoms. The number of nitrogens with one attached hydrogen (secondary N) is 2. The maximum Gasteiger partial charge on any atom is 0.140 e. The van der Waals surface area contributed by atoms with Gasteiger partial charge in [0.25, 0.3) is 0 Å². The van der Waals surface area contributed by atoms with Gasteiger partial charge in [-0.2, -0.15) is 16.0 Å². The molecule has 0 radical (unpaired) electrons. The summed E-state index contributed by atoms with van der Waals surface area (Å²) in [4.78, 5) is 0. The van der Waals surface area contributed by atoms with Gasteiger partial charge < -0.3 is 5.32 Å². The van der Waals surface area contributed by atoms with Crippen LogP contribution in [0.3, 0.4) is 0 Å². The minimum Gasteiger partial charge on any atom is -0.388 e. The van der Waals surface area contributed by atoms with Crippen LogP contribution in [0.5, 0.6) is 0 Å². The van der Waals surface area contributed by atoms with E-state index < -0.39 is 0 Å². The maximum absolute atomic E-state index is 5.93. The second-order valence-corrected chi connectivity index (χ2v) is 3.60. The zero-order valence-corrected chi connectivity index (χ0v) is 9.04. The van der Waals surface area contributed by atoms with Gasteiger partial charge in [0.2, 0.25) is 0 Å². The quantitative estimate of drug-likeness (QED) is 0.376. The van der Waals surface area contributed by atoms with Crippen molar-refractivity contribution < 1.29 is 4.70 Å². The molecule has 1 aromatic rings. The Kier molecular flexibility index (Phi) is 3.46. The first-order valence-corrected chi connectivity index (χ1v) is 4.67. The maximum atomic E-state index is 5.93. The molecule has 78 valence electrons. The largest absolute Gasteiger partial charge is 0.388 e. The van der Waals surface area contributed by atoms with E-state index >= 15 is 0 Å². The van der Waals surface area contributed by atoms with Crippen LogP contribution in [0, 0.1) is 0 Å². The molecule has 1 aromatic carbocycles. The fourth-order valence-corrected chi connectivity index (χ4v) is 1.24. The number of benzene rings is 1. The van der Waals surface area contributed by atoms with Crippen LogP contribution in [0.4, 0.5) is 5.69 Å². The zero-order valence-electron chi connectivity index (χ0n) is 9.04. The summed E-state index contributed by atoms with van der Waals surface area (Å²) >= 11 is 0. The van der Waals surface area contributed by atoms with Gasteiger partial charge in [-0.3, -0.25) is 0 Å². The molecule has 14 heavy (non-hydrogen) atoms. The Balaban J connectivity index is 2.69. The Bertz CT molecular complexity index is 279. The second-order valence-electron chi connectivity index (χ2n) is 3.60. The average Bonchev–Trinajstić information content (AvgIpc) is 2.19. The summed E-state index contributed by atoms with van der Waals surface area (Å²) in [6, 6.07) is 8.25. The molecule has 0 aromatic heterocycles. The van der Waals surface area contributed by atoms with Gasteiger partial charge in [-0.25, -0.2) is 0 Å². The van der Waals surface area contributed by atoms with Crippen molar-refractivity contribution in [1.82, 2.24) is 5.43 Å². The van der Waals surface area contributed by atoms with Gasteiger partial charge in [-0.1, -0.05) is 12.1 Å². The highest BCUT2D eigenvalue weighted by molar-refractivity contribution is 5.43. The van der Waals surface area contributed by atoms with E-state index in [1.807, 2.05) is 33.3 Å². The summed E-state index contributed by atoms with van der Waals surface area (Å²) in [5.41, 5.74) is 5.34. The number of anilines is 1. The van der Waals surface area contributed by atoms with Crippen molar-refractivity contribution in [3.05, 3.63) is 29.8 Å².